The van der Waals surface area contributed by atoms with Crippen LogP contribution in [0.15, 0.2) is 17.9 Å². The van der Waals surface area contributed by atoms with Crippen molar-refractivity contribution in [1.82, 2.24) is 25.5 Å². The third kappa shape index (κ3) is 4.95. The minimum atomic E-state index is -1.16. The van der Waals surface area contributed by atoms with Crippen molar-refractivity contribution >= 4 is 35.4 Å². The van der Waals surface area contributed by atoms with Gasteiger partial charge in [0.15, 0.2) is 5.82 Å². The Labute approximate surface area is 172 Å². The van der Waals surface area contributed by atoms with Gasteiger partial charge in [0.1, 0.15) is 25.1 Å². The predicted octanol–water partition coefficient (Wildman–Crippen LogP) is 0.705. The molecule has 2 aliphatic heterocycles. The van der Waals surface area contributed by atoms with Crippen molar-refractivity contribution in [2.45, 2.75) is 39.0 Å². The molecule has 30 heavy (non-hydrogen) atoms. The van der Waals surface area contributed by atoms with E-state index in [0.717, 1.165) is 0 Å². The lowest BCUT2D eigenvalue weighted by Gasteiger charge is -2.21. The summed E-state index contributed by atoms with van der Waals surface area (Å²) in [4.78, 5) is 42.7. The highest BCUT2D eigenvalue weighted by atomic mass is 16.6. The smallest absolute Gasteiger partial charge is 0.407 e. The lowest BCUT2D eigenvalue weighted by Crippen LogP contribution is -2.43. The van der Waals surface area contributed by atoms with Crippen molar-refractivity contribution in [3.05, 3.63) is 18.6 Å². The zero-order valence-electron chi connectivity index (χ0n) is 16.7. The van der Waals surface area contributed by atoms with Crippen molar-refractivity contribution in [2.75, 3.05) is 13.2 Å². The number of rotatable bonds is 6. The van der Waals surface area contributed by atoms with Gasteiger partial charge in [-0.25, -0.2) is 9.78 Å². The number of carboxylic acid groups (broad SMARTS) is 1. The molecular formula is C18H24N6O6. The Bertz CT molecular complexity index is 892. The molecule has 1 fully saturated rings. The monoisotopic (exact) mass is 420 g/mol. The van der Waals surface area contributed by atoms with Crippen LogP contribution in [-0.4, -0.2) is 57.8 Å². The lowest BCUT2D eigenvalue weighted by atomic mass is 10.2. The number of imidazole rings is 1. The van der Waals surface area contributed by atoms with Crippen LogP contribution in [0.3, 0.4) is 0 Å². The quantitative estimate of drug-likeness (QED) is 0.524. The molecule has 0 aromatic carbocycles. The summed E-state index contributed by atoms with van der Waals surface area (Å²) in [5, 5.41) is 16.3. The minimum absolute atomic E-state index is 0.00787. The number of alkyl carbamates (subject to hydrolysis) is 1. The van der Waals surface area contributed by atoms with Crippen LogP contribution in [0.5, 0.6) is 0 Å². The molecule has 2 aliphatic rings. The highest BCUT2D eigenvalue weighted by molar-refractivity contribution is 6.04. The maximum Gasteiger partial charge on any atom is 0.407 e. The van der Waals surface area contributed by atoms with Crippen LogP contribution in [0.25, 0.3) is 5.70 Å². The molecule has 3 rings (SSSR count). The van der Waals surface area contributed by atoms with Crippen LogP contribution in [0, 0.1) is 5.92 Å². The number of aromatic nitrogens is 2. The maximum atomic E-state index is 12.0. The second-order valence-electron chi connectivity index (χ2n) is 7.17. The van der Waals surface area contributed by atoms with Crippen LogP contribution in [0.4, 0.5) is 10.6 Å². The molecule has 3 heterocycles. The summed E-state index contributed by atoms with van der Waals surface area (Å²) in [6, 6.07) is 0. The van der Waals surface area contributed by atoms with Crippen LogP contribution in [-0.2, 0) is 19.1 Å². The normalized spacial score (nSPS) is 20.2. The van der Waals surface area contributed by atoms with Crippen molar-refractivity contribution in [2.24, 2.45) is 10.9 Å². The van der Waals surface area contributed by atoms with Crippen LogP contribution in [0.2, 0.25) is 0 Å². The second-order valence-corrected chi connectivity index (χ2v) is 7.17. The van der Waals surface area contributed by atoms with E-state index in [1.54, 1.807) is 24.7 Å². The maximum absolute atomic E-state index is 12.0. The van der Waals surface area contributed by atoms with E-state index >= 15 is 0 Å². The van der Waals surface area contributed by atoms with Crippen LogP contribution >= 0.6 is 0 Å². The third-order valence-electron chi connectivity index (χ3n) is 4.49. The van der Waals surface area contributed by atoms with E-state index in [1.807, 2.05) is 0 Å². The molecule has 0 radical (unpaired) electrons. The SMILES string of the molecule is C=C1NC(NC(=O)C(C)C)=Nc2c1ncn2[C@H]1CC[C@@H](COC(=O)NCC(=O)O)O1. The van der Waals surface area contributed by atoms with E-state index in [9.17, 15) is 14.4 Å². The van der Waals surface area contributed by atoms with Crippen LogP contribution < -0.4 is 16.0 Å². The Balaban J connectivity index is 1.63. The standard InChI is InChI=1S/C18H24N6O6/c1-9(2)16(27)23-17-21-10(3)14-15(22-17)24(8-20-14)12-5-4-11(30-12)7-29-18(28)19-6-13(25)26/h8-9,11-12H,3-7H2,1-2H3,(H,19,28)(H,25,26)(H2,21,22,23,27)/t11-,12+/m0/s1. The summed E-state index contributed by atoms with van der Waals surface area (Å²) >= 11 is 0. The third-order valence-corrected chi connectivity index (χ3v) is 4.49. The Kier molecular flexibility index (Phi) is 6.35. The molecule has 0 spiro atoms. The Morgan fingerprint density at radius 2 is 2.20 bits per heavy atom. The first-order valence-electron chi connectivity index (χ1n) is 9.45. The zero-order chi connectivity index (χ0) is 21.8. The Hall–Kier alpha value is -3.41. The van der Waals surface area contributed by atoms with Gasteiger partial charge in [-0.2, -0.15) is 4.99 Å². The summed E-state index contributed by atoms with van der Waals surface area (Å²) in [6.07, 6.45) is 1.30. The van der Waals surface area contributed by atoms with Gasteiger partial charge in [-0.1, -0.05) is 20.4 Å². The molecule has 0 saturated carbocycles. The summed E-state index contributed by atoms with van der Waals surface area (Å²) in [6.45, 7) is 6.96. The molecule has 1 aromatic rings. The van der Waals surface area contributed by atoms with E-state index in [1.165, 1.54) is 0 Å². The van der Waals surface area contributed by atoms with Gasteiger partial charge < -0.3 is 25.2 Å². The highest BCUT2D eigenvalue weighted by Crippen LogP contribution is 2.35. The number of hydrogen-bond acceptors (Lipinski definition) is 8. The number of carbonyl (C=O) groups is 3. The number of aliphatic imine (C=N–C) groups is 1. The van der Waals surface area contributed by atoms with Gasteiger partial charge in [0.2, 0.25) is 11.9 Å². The van der Waals surface area contributed by atoms with Crippen molar-refractivity contribution in [3.63, 3.8) is 0 Å². The molecule has 1 aromatic heterocycles. The van der Waals surface area contributed by atoms with Crippen LogP contribution in [0.1, 0.15) is 38.6 Å². The number of carbonyl (C=O) groups excluding carboxylic acids is 2. The number of amides is 2. The molecule has 0 unspecified atom stereocenters. The molecule has 0 aliphatic carbocycles. The molecular weight excluding hydrogens is 396 g/mol. The number of carboxylic acids is 1. The fraction of sp³-hybridized carbons (Fsp3) is 0.500. The predicted molar refractivity (Wildman–Crippen MR) is 105 cm³/mol. The van der Waals surface area contributed by atoms with E-state index < -0.39 is 18.6 Å². The molecule has 12 heteroatoms. The Morgan fingerprint density at radius 3 is 2.90 bits per heavy atom. The van der Waals surface area contributed by atoms with E-state index in [4.69, 9.17) is 14.6 Å². The van der Waals surface area contributed by atoms with Gasteiger partial charge in [0, 0.05) is 5.92 Å². The lowest BCUT2D eigenvalue weighted by molar-refractivity contribution is -0.135. The van der Waals surface area contributed by atoms with Gasteiger partial charge in [-0.3, -0.25) is 19.5 Å². The van der Waals surface area contributed by atoms with Gasteiger partial charge in [0.05, 0.1) is 18.1 Å². The Morgan fingerprint density at radius 1 is 1.43 bits per heavy atom. The summed E-state index contributed by atoms with van der Waals surface area (Å²) in [5.74, 6) is -0.779. The van der Waals surface area contributed by atoms with Crippen molar-refractivity contribution < 1.29 is 29.0 Å². The average Bonchev–Trinajstić information content (AvgIpc) is 3.31. The molecule has 12 nitrogen and oxygen atoms in total. The first-order chi connectivity index (χ1) is 14.2. The van der Waals surface area contributed by atoms with E-state index in [0.29, 0.717) is 30.1 Å². The van der Waals surface area contributed by atoms with E-state index in [-0.39, 0.29) is 36.7 Å². The number of ether oxygens (including phenoxy) is 2. The topological polar surface area (TPSA) is 156 Å². The molecule has 2 atom stereocenters. The summed E-state index contributed by atoms with van der Waals surface area (Å²) in [5.41, 5.74) is 1.06. The first-order valence-corrected chi connectivity index (χ1v) is 9.45. The average molecular weight is 420 g/mol. The fourth-order valence-electron chi connectivity index (χ4n) is 2.93. The number of nitrogens with zero attached hydrogens (tertiary/aromatic N) is 3. The minimum Gasteiger partial charge on any atom is -0.480 e. The number of fused-ring (bicyclic) bond motifs is 1. The molecule has 4 N–H and O–H groups in total. The fourth-order valence-corrected chi connectivity index (χ4v) is 2.93. The first kappa shape index (κ1) is 21.3. The second kappa shape index (κ2) is 8.95. The number of aliphatic carboxylic acids is 1. The summed E-state index contributed by atoms with van der Waals surface area (Å²) in [7, 11) is 0. The molecule has 162 valence electrons. The van der Waals surface area contributed by atoms with Gasteiger partial charge in [0.25, 0.3) is 0 Å². The molecule has 1 saturated heterocycles. The highest BCUT2D eigenvalue weighted by Gasteiger charge is 2.31. The van der Waals surface area contributed by atoms with E-state index in [2.05, 4.69) is 32.5 Å². The number of nitrogens with one attached hydrogen (secondary N) is 3. The zero-order valence-corrected chi connectivity index (χ0v) is 16.7. The largest absolute Gasteiger partial charge is 0.480 e. The van der Waals surface area contributed by atoms with Gasteiger partial charge >= 0.3 is 12.1 Å². The number of hydrogen-bond donors (Lipinski definition) is 4. The molecule has 0 bridgehead atoms. The van der Waals surface area contributed by atoms with Gasteiger partial charge in [-0.15, -0.1) is 0 Å². The number of guanidine groups is 1. The summed E-state index contributed by atoms with van der Waals surface area (Å²) < 4.78 is 12.7. The van der Waals surface area contributed by atoms with Gasteiger partial charge in [-0.05, 0) is 12.8 Å². The molecule has 2 amide bonds. The van der Waals surface area contributed by atoms with Crippen molar-refractivity contribution in [3.8, 4) is 0 Å². The van der Waals surface area contributed by atoms with Crippen molar-refractivity contribution in [1.29, 1.82) is 0 Å².